The van der Waals surface area contributed by atoms with Gasteiger partial charge in [0.2, 0.25) is 11.8 Å². The van der Waals surface area contributed by atoms with Crippen LogP contribution in [0, 0.1) is 0 Å². The molecule has 0 spiro atoms. The summed E-state index contributed by atoms with van der Waals surface area (Å²) in [5, 5.41) is 144. The molecule has 28 nitrogen and oxygen atoms in total. The molecule has 0 aromatic carbocycles. The highest BCUT2D eigenvalue weighted by atomic mass is 16.8. The topological polar surface area (TPSA) is 423 Å². The smallest absolute Gasteiger partial charge is 0.217 e. The van der Waals surface area contributed by atoms with Crippen molar-refractivity contribution in [2.75, 3.05) is 47.3 Å². The van der Waals surface area contributed by atoms with E-state index in [2.05, 4.69) is 10.6 Å². The van der Waals surface area contributed by atoms with E-state index in [4.69, 9.17) is 52.1 Å². The lowest BCUT2D eigenvalue weighted by atomic mass is 9.95. The number of hydrogen-bond donors (Lipinski definition) is 15. The molecule has 5 aliphatic heterocycles. The molecule has 5 saturated heterocycles. The molecule has 1 unspecified atom stereocenters. The van der Waals surface area contributed by atoms with Gasteiger partial charge in [0, 0.05) is 28.1 Å². The van der Waals surface area contributed by atoms with Gasteiger partial charge in [-0.05, 0) is 0 Å². The summed E-state index contributed by atoms with van der Waals surface area (Å²) in [4.78, 5) is 24.1. The lowest BCUT2D eigenvalue weighted by Gasteiger charge is -2.49. The van der Waals surface area contributed by atoms with E-state index >= 15 is 0 Å². The van der Waals surface area contributed by atoms with Crippen molar-refractivity contribution in [2.45, 2.75) is 167 Å². The Morgan fingerprint density at radius 2 is 0.891 bits per heavy atom. The Morgan fingerprint density at radius 3 is 1.36 bits per heavy atom. The maximum absolute atomic E-state index is 12.1. The normalized spacial score (nSPS) is 47.8. The lowest BCUT2D eigenvalue weighted by molar-refractivity contribution is -0.386. The fourth-order valence-corrected chi connectivity index (χ4v) is 8.12. The van der Waals surface area contributed by atoms with Crippen LogP contribution < -0.4 is 10.6 Å². The summed E-state index contributed by atoms with van der Waals surface area (Å²) in [6.07, 6.45) is -39.9. The molecule has 15 N–H and O–H groups in total. The highest BCUT2D eigenvalue weighted by Gasteiger charge is 2.56. The van der Waals surface area contributed by atoms with Crippen LogP contribution in [-0.2, 0) is 61.7 Å². The van der Waals surface area contributed by atoms with E-state index < -0.39 is 192 Å². The molecular formula is C36H62N2O26. The molecule has 372 valence electrons. The van der Waals surface area contributed by atoms with Crippen molar-refractivity contribution in [3.8, 4) is 0 Å². The van der Waals surface area contributed by atoms with Crippen LogP contribution in [0.5, 0.6) is 0 Å². The Bertz CT molecular complexity index is 1480. The Labute approximate surface area is 364 Å². The second-order valence-corrected chi connectivity index (χ2v) is 15.9. The second-order valence-electron chi connectivity index (χ2n) is 15.9. The Hall–Kier alpha value is -2.02. The molecule has 0 saturated carbocycles. The number of rotatable bonds is 17. The van der Waals surface area contributed by atoms with Gasteiger partial charge in [0.05, 0.1) is 33.0 Å². The predicted molar refractivity (Wildman–Crippen MR) is 199 cm³/mol. The zero-order valence-electron chi connectivity index (χ0n) is 35.1. The Balaban J connectivity index is 1.39. The molecule has 0 aliphatic carbocycles. The van der Waals surface area contributed by atoms with Crippen LogP contribution in [0.15, 0.2) is 0 Å². The molecule has 5 aliphatic rings. The predicted octanol–water partition coefficient (Wildman–Crippen LogP) is -10.3. The molecule has 5 fully saturated rings. The van der Waals surface area contributed by atoms with Gasteiger partial charge >= 0.3 is 0 Å². The maximum Gasteiger partial charge on any atom is 0.217 e. The van der Waals surface area contributed by atoms with Crippen molar-refractivity contribution in [3.63, 3.8) is 0 Å². The Kier molecular flexibility index (Phi) is 19.3. The SMILES string of the molecule is COC[C@H]1O[C@H](OC[C@H]2OC(O)[C@@H](O)[C@@H](O[C@H]3O[C@H](CO)[C@@H](OC)[C@H](O)[C@@H]3O[C@@H]3O[C@H](CO)[C@@H](O)[C@H](O)[C@H]3NC(C)=O)[C@@H]2O)[C@@H](O[C@@H]2O[C@H](CO)[C@@H](O)[C@H](O)[C@H]2NC(C)=O)[C@@H](O)[C@@H]1O. The van der Waals surface area contributed by atoms with E-state index in [9.17, 15) is 76.0 Å². The molecule has 0 bridgehead atoms. The number of aliphatic hydroxyl groups excluding tert-OH is 13. The number of nitrogens with one attached hydrogen (secondary N) is 2. The van der Waals surface area contributed by atoms with Gasteiger partial charge in [-0.25, -0.2) is 0 Å². The van der Waals surface area contributed by atoms with Gasteiger partial charge in [0.1, 0.15) is 122 Å². The van der Waals surface area contributed by atoms with E-state index in [-0.39, 0.29) is 6.61 Å². The molecule has 0 radical (unpaired) electrons. The van der Waals surface area contributed by atoms with Crippen LogP contribution >= 0.6 is 0 Å². The lowest BCUT2D eigenvalue weighted by Crippen LogP contribution is -2.69. The molecule has 5 heterocycles. The van der Waals surface area contributed by atoms with Crippen LogP contribution in [0.25, 0.3) is 0 Å². The minimum absolute atomic E-state index is 0.312. The number of amides is 2. The number of carbonyl (C=O) groups excluding carboxylic acids is 2. The van der Waals surface area contributed by atoms with Crippen molar-refractivity contribution in [3.05, 3.63) is 0 Å². The average Bonchev–Trinajstić information content (AvgIpc) is 3.25. The van der Waals surface area contributed by atoms with Crippen molar-refractivity contribution >= 4 is 11.8 Å². The highest BCUT2D eigenvalue weighted by molar-refractivity contribution is 5.73. The van der Waals surface area contributed by atoms with Gasteiger partial charge in [-0.2, -0.15) is 0 Å². The van der Waals surface area contributed by atoms with Gasteiger partial charge in [0.15, 0.2) is 31.5 Å². The van der Waals surface area contributed by atoms with E-state index in [1.54, 1.807) is 0 Å². The summed E-state index contributed by atoms with van der Waals surface area (Å²) in [5.41, 5.74) is 0. The van der Waals surface area contributed by atoms with Crippen molar-refractivity contribution in [1.29, 1.82) is 0 Å². The Morgan fingerprint density at radius 1 is 0.453 bits per heavy atom. The van der Waals surface area contributed by atoms with Crippen LogP contribution in [0.4, 0.5) is 0 Å². The number of carbonyl (C=O) groups is 2. The number of ether oxygens (including phenoxy) is 11. The van der Waals surface area contributed by atoms with Gasteiger partial charge in [-0.15, -0.1) is 0 Å². The fraction of sp³-hybridized carbons (Fsp3) is 0.944. The van der Waals surface area contributed by atoms with E-state index in [1.165, 1.54) is 7.11 Å². The molecule has 25 atom stereocenters. The summed E-state index contributed by atoms with van der Waals surface area (Å²) in [7, 11) is 2.43. The zero-order valence-corrected chi connectivity index (χ0v) is 35.1. The zero-order chi connectivity index (χ0) is 47.3. The summed E-state index contributed by atoms with van der Waals surface area (Å²) < 4.78 is 62.6. The number of hydrogen-bond acceptors (Lipinski definition) is 26. The first-order valence-electron chi connectivity index (χ1n) is 20.4. The third kappa shape index (κ3) is 11.6. The monoisotopic (exact) mass is 938 g/mol. The molecular weight excluding hydrogens is 876 g/mol. The van der Waals surface area contributed by atoms with Crippen LogP contribution in [0.3, 0.4) is 0 Å². The molecule has 5 rings (SSSR count). The third-order valence-corrected chi connectivity index (χ3v) is 11.5. The minimum atomic E-state index is -2.15. The first-order valence-corrected chi connectivity index (χ1v) is 20.4. The largest absolute Gasteiger partial charge is 0.394 e. The molecule has 2 amide bonds. The summed E-state index contributed by atoms with van der Waals surface area (Å²) >= 11 is 0. The molecule has 0 aromatic heterocycles. The standard InChI is InChI=1S/C36H62N2O26/c1-10(42)37-17-23(48)19(44)12(5-39)58-33(17)63-30-25(50)21(46)15(8-54-3)61-35(30)56-9-16-22(47)29(27(52)32(53)57-16)62-36-31(26(51)28(55-4)14(7-41)60-36)64-34-18(38-11(2)43)24(49)20(45)13(6-40)59-34/h12-36,39-41,44-53H,5-9H2,1-4H3,(H,37,42)(H,38,43)/t12-,13-,14-,15-,16-,17-,18-,19-,20-,21-,22-,23-,24-,25+,26+,27+,28-,29+,30+,31+,32?,33+,34+,35+,36-/m1/s1. The van der Waals surface area contributed by atoms with Crippen molar-refractivity contribution in [2.24, 2.45) is 0 Å². The summed E-state index contributed by atoms with van der Waals surface area (Å²) in [5.74, 6) is -1.41. The van der Waals surface area contributed by atoms with Gasteiger partial charge in [-0.1, -0.05) is 0 Å². The summed E-state index contributed by atoms with van der Waals surface area (Å²) in [6.45, 7) is -1.39. The third-order valence-electron chi connectivity index (χ3n) is 11.5. The van der Waals surface area contributed by atoms with Gasteiger partial charge in [-0.3, -0.25) is 9.59 Å². The van der Waals surface area contributed by atoms with E-state index in [0.29, 0.717) is 0 Å². The van der Waals surface area contributed by atoms with E-state index in [0.717, 1.165) is 21.0 Å². The highest BCUT2D eigenvalue weighted by Crippen LogP contribution is 2.35. The first-order chi connectivity index (χ1) is 30.3. The van der Waals surface area contributed by atoms with E-state index in [1.807, 2.05) is 0 Å². The van der Waals surface area contributed by atoms with Gasteiger partial charge < -0.3 is 129 Å². The van der Waals surface area contributed by atoms with Crippen molar-refractivity contribution < 1.29 is 128 Å². The average molecular weight is 939 g/mol. The minimum Gasteiger partial charge on any atom is -0.394 e. The second kappa shape index (κ2) is 23.3. The van der Waals surface area contributed by atoms with Crippen LogP contribution in [-0.4, -0.2) is 279 Å². The maximum atomic E-state index is 12.1. The van der Waals surface area contributed by atoms with Gasteiger partial charge in [0.25, 0.3) is 0 Å². The van der Waals surface area contributed by atoms with Crippen LogP contribution in [0.1, 0.15) is 13.8 Å². The quantitative estimate of drug-likeness (QED) is 0.0644. The molecule has 64 heavy (non-hydrogen) atoms. The number of methoxy groups -OCH3 is 2. The first kappa shape index (κ1) is 52.9. The summed E-state index contributed by atoms with van der Waals surface area (Å²) in [6, 6.07) is -3.05. The molecule has 0 aromatic rings. The number of aliphatic hydroxyl groups is 13. The fourth-order valence-electron chi connectivity index (χ4n) is 8.12. The van der Waals surface area contributed by atoms with Crippen LogP contribution in [0.2, 0.25) is 0 Å². The molecule has 28 heteroatoms. The van der Waals surface area contributed by atoms with Crippen molar-refractivity contribution in [1.82, 2.24) is 10.6 Å².